The van der Waals surface area contributed by atoms with Gasteiger partial charge in [-0.05, 0) is 29.8 Å². The molecule has 0 aromatic heterocycles. The first-order chi connectivity index (χ1) is 9.03. The fourth-order valence-corrected chi connectivity index (χ4v) is 3.17. The van der Waals surface area contributed by atoms with E-state index in [1.165, 1.54) is 13.2 Å². The molecule has 0 spiro atoms. The van der Waals surface area contributed by atoms with Gasteiger partial charge >= 0.3 is 0 Å². The van der Waals surface area contributed by atoms with Crippen molar-refractivity contribution in [3.63, 3.8) is 0 Å². The number of anilines is 1. The number of hydrogen-bond acceptors (Lipinski definition) is 4. The number of benzene rings is 2. The second-order valence-electron chi connectivity index (χ2n) is 4.14. The minimum Gasteiger partial charge on any atom is -0.497 e. The van der Waals surface area contributed by atoms with Gasteiger partial charge in [0.15, 0.2) is 9.84 Å². The summed E-state index contributed by atoms with van der Waals surface area (Å²) in [6, 6.07) is 13.4. The molecule has 5 heteroatoms. The molecule has 19 heavy (non-hydrogen) atoms. The van der Waals surface area contributed by atoms with Crippen molar-refractivity contribution < 1.29 is 13.2 Å². The van der Waals surface area contributed by atoms with Crippen molar-refractivity contribution in [3.8, 4) is 5.75 Å². The van der Waals surface area contributed by atoms with Crippen molar-refractivity contribution in [2.24, 2.45) is 0 Å². The SMILES string of the molecule is COc1cccc(S(=O)(=O)Cc2ccccc2N)c1. The minimum atomic E-state index is -3.43. The zero-order valence-electron chi connectivity index (χ0n) is 10.5. The molecule has 100 valence electrons. The van der Waals surface area contributed by atoms with E-state index in [9.17, 15) is 8.42 Å². The normalized spacial score (nSPS) is 11.2. The lowest BCUT2D eigenvalue weighted by atomic mass is 10.2. The molecule has 0 heterocycles. The average molecular weight is 277 g/mol. The predicted molar refractivity (Wildman–Crippen MR) is 74.7 cm³/mol. The first kappa shape index (κ1) is 13.4. The number of ether oxygens (including phenoxy) is 1. The van der Waals surface area contributed by atoms with Gasteiger partial charge in [-0.15, -0.1) is 0 Å². The molecule has 0 fully saturated rings. The Hall–Kier alpha value is -2.01. The molecule has 0 bridgehead atoms. The van der Waals surface area contributed by atoms with Crippen molar-refractivity contribution in [1.82, 2.24) is 0 Å². The van der Waals surface area contributed by atoms with Crippen molar-refractivity contribution in [3.05, 3.63) is 54.1 Å². The molecule has 0 radical (unpaired) electrons. The van der Waals surface area contributed by atoms with Crippen LogP contribution in [-0.2, 0) is 15.6 Å². The van der Waals surface area contributed by atoms with Gasteiger partial charge in [0, 0.05) is 5.69 Å². The predicted octanol–water partition coefficient (Wildman–Crippen LogP) is 2.25. The highest BCUT2D eigenvalue weighted by Crippen LogP contribution is 2.23. The zero-order valence-corrected chi connectivity index (χ0v) is 11.4. The Labute approximate surface area is 112 Å². The van der Waals surface area contributed by atoms with Crippen molar-refractivity contribution in [2.45, 2.75) is 10.6 Å². The number of rotatable bonds is 4. The molecule has 0 atom stereocenters. The van der Waals surface area contributed by atoms with Gasteiger partial charge in [-0.3, -0.25) is 0 Å². The largest absolute Gasteiger partial charge is 0.497 e. The summed E-state index contributed by atoms with van der Waals surface area (Å²) >= 11 is 0. The van der Waals surface area contributed by atoms with Gasteiger partial charge in [0.25, 0.3) is 0 Å². The summed E-state index contributed by atoms with van der Waals surface area (Å²) in [4.78, 5) is 0.232. The fraction of sp³-hybridized carbons (Fsp3) is 0.143. The molecule has 0 aliphatic rings. The molecule has 2 rings (SSSR count). The van der Waals surface area contributed by atoms with E-state index in [2.05, 4.69) is 0 Å². The first-order valence-corrected chi connectivity index (χ1v) is 7.38. The molecule has 0 unspecified atom stereocenters. The molecular weight excluding hydrogens is 262 g/mol. The third-order valence-electron chi connectivity index (χ3n) is 2.80. The van der Waals surface area contributed by atoms with Crippen LogP contribution in [0.5, 0.6) is 5.75 Å². The summed E-state index contributed by atoms with van der Waals surface area (Å²) in [6.45, 7) is 0. The van der Waals surface area contributed by atoms with E-state index in [0.29, 0.717) is 17.0 Å². The smallest absolute Gasteiger partial charge is 0.182 e. The summed E-state index contributed by atoms with van der Waals surface area (Å²) in [5.74, 6) is 0.398. The van der Waals surface area contributed by atoms with Gasteiger partial charge in [-0.2, -0.15) is 0 Å². The summed E-state index contributed by atoms with van der Waals surface area (Å²) < 4.78 is 29.7. The van der Waals surface area contributed by atoms with Crippen LogP contribution in [0.15, 0.2) is 53.4 Å². The van der Waals surface area contributed by atoms with E-state index in [1.54, 1.807) is 42.5 Å². The standard InChI is InChI=1S/C14H15NO3S/c1-18-12-6-4-7-13(9-12)19(16,17)10-11-5-2-3-8-14(11)15/h2-9H,10,15H2,1H3. The Morgan fingerprint density at radius 3 is 2.53 bits per heavy atom. The van der Waals surface area contributed by atoms with Gasteiger partial charge < -0.3 is 10.5 Å². The quantitative estimate of drug-likeness (QED) is 0.870. The van der Waals surface area contributed by atoms with Crippen LogP contribution < -0.4 is 10.5 Å². The Morgan fingerprint density at radius 1 is 1.11 bits per heavy atom. The number of sulfone groups is 1. The van der Waals surface area contributed by atoms with E-state index in [-0.39, 0.29) is 10.6 Å². The maximum absolute atomic E-state index is 12.3. The molecule has 0 aliphatic carbocycles. The molecular formula is C14H15NO3S. The molecule has 2 N–H and O–H groups in total. The van der Waals surface area contributed by atoms with Crippen LogP contribution in [0, 0.1) is 0 Å². The third-order valence-corrected chi connectivity index (χ3v) is 4.46. The lowest BCUT2D eigenvalue weighted by Crippen LogP contribution is -2.07. The summed E-state index contributed by atoms with van der Waals surface area (Å²) in [5, 5.41) is 0. The highest BCUT2D eigenvalue weighted by atomic mass is 32.2. The summed E-state index contributed by atoms with van der Waals surface area (Å²) in [6.07, 6.45) is 0. The minimum absolute atomic E-state index is 0.118. The van der Waals surface area contributed by atoms with Crippen LogP contribution in [0.1, 0.15) is 5.56 Å². The monoisotopic (exact) mass is 277 g/mol. The molecule has 0 saturated carbocycles. The highest BCUT2D eigenvalue weighted by molar-refractivity contribution is 7.90. The Morgan fingerprint density at radius 2 is 1.84 bits per heavy atom. The lowest BCUT2D eigenvalue weighted by molar-refractivity contribution is 0.413. The van der Waals surface area contributed by atoms with Crippen LogP contribution in [0.2, 0.25) is 0 Å². The Kier molecular flexibility index (Phi) is 3.76. The second-order valence-corrected chi connectivity index (χ2v) is 6.13. The molecule has 4 nitrogen and oxygen atoms in total. The number of para-hydroxylation sites is 1. The Bertz CT molecular complexity index is 681. The maximum atomic E-state index is 12.3. The topological polar surface area (TPSA) is 69.4 Å². The van der Waals surface area contributed by atoms with Crippen molar-refractivity contribution in [1.29, 1.82) is 0 Å². The molecule has 2 aromatic rings. The van der Waals surface area contributed by atoms with Crippen LogP contribution >= 0.6 is 0 Å². The Balaban J connectivity index is 2.35. The van der Waals surface area contributed by atoms with Crippen LogP contribution in [0.25, 0.3) is 0 Å². The van der Waals surface area contributed by atoms with Crippen LogP contribution in [0.4, 0.5) is 5.69 Å². The van der Waals surface area contributed by atoms with Crippen molar-refractivity contribution >= 4 is 15.5 Å². The third kappa shape index (κ3) is 3.06. The second kappa shape index (κ2) is 5.32. The zero-order chi connectivity index (χ0) is 13.9. The molecule has 0 aliphatic heterocycles. The fourth-order valence-electron chi connectivity index (χ4n) is 1.75. The van der Waals surface area contributed by atoms with Gasteiger partial charge in [0.2, 0.25) is 0 Å². The van der Waals surface area contributed by atoms with Gasteiger partial charge in [0.1, 0.15) is 5.75 Å². The molecule has 0 saturated heterocycles. The van der Waals surface area contributed by atoms with Gasteiger partial charge in [-0.1, -0.05) is 24.3 Å². The van der Waals surface area contributed by atoms with Crippen LogP contribution in [-0.4, -0.2) is 15.5 Å². The highest BCUT2D eigenvalue weighted by Gasteiger charge is 2.17. The van der Waals surface area contributed by atoms with Crippen LogP contribution in [0.3, 0.4) is 0 Å². The molecule has 0 amide bonds. The number of nitrogens with two attached hydrogens (primary N) is 1. The lowest BCUT2D eigenvalue weighted by Gasteiger charge is -2.08. The van der Waals surface area contributed by atoms with Crippen molar-refractivity contribution in [2.75, 3.05) is 12.8 Å². The summed E-state index contributed by atoms with van der Waals surface area (Å²) in [7, 11) is -1.93. The van der Waals surface area contributed by atoms with E-state index in [0.717, 1.165) is 0 Å². The molecule has 2 aromatic carbocycles. The van der Waals surface area contributed by atoms with E-state index < -0.39 is 9.84 Å². The van der Waals surface area contributed by atoms with Gasteiger partial charge in [-0.25, -0.2) is 8.42 Å². The number of hydrogen-bond donors (Lipinski definition) is 1. The van der Waals surface area contributed by atoms with E-state index >= 15 is 0 Å². The van der Waals surface area contributed by atoms with Gasteiger partial charge in [0.05, 0.1) is 17.8 Å². The van der Waals surface area contributed by atoms with E-state index in [1.807, 2.05) is 0 Å². The average Bonchev–Trinajstić information content (AvgIpc) is 2.41. The number of nitrogen functional groups attached to an aromatic ring is 1. The first-order valence-electron chi connectivity index (χ1n) is 5.73. The van der Waals surface area contributed by atoms with E-state index in [4.69, 9.17) is 10.5 Å². The summed E-state index contributed by atoms with van der Waals surface area (Å²) in [5.41, 5.74) is 6.86. The number of methoxy groups -OCH3 is 1. The maximum Gasteiger partial charge on any atom is 0.182 e.